The molecule has 0 atom stereocenters. The van der Waals surface area contributed by atoms with Gasteiger partial charge in [0.2, 0.25) is 5.91 Å². The zero-order valence-electron chi connectivity index (χ0n) is 14.7. The highest BCUT2D eigenvalue weighted by atomic mass is 32.2. The molecular weight excluding hydrogens is 370 g/mol. The predicted octanol–water partition coefficient (Wildman–Crippen LogP) is 3.48. The number of thioether (sulfide) groups is 1. The first kappa shape index (κ1) is 19.4. The Labute approximate surface area is 160 Å². The lowest BCUT2D eigenvalue weighted by Gasteiger charge is -2.32. The van der Waals surface area contributed by atoms with E-state index >= 15 is 0 Å². The van der Waals surface area contributed by atoms with Crippen LogP contribution in [0, 0.1) is 11.6 Å². The maximum atomic E-state index is 13.6. The van der Waals surface area contributed by atoms with E-state index in [-0.39, 0.29) is 28.5 Å². The van der Waals surface area contributed by atoms with E-state index in [2.05, 4.69) is 5.32 Å². The van der Waals surface area contributed by atoms with Crippen LogP contribution in [-0.2, 0) is 4.79 Å². The minimum atomic E-state index is -0.657. The lowest BCUT2D eigenvalue weighted by atomic mass is 10.0. The van der Waals surface area contributed by atoms with Gasteiger partial charge in [0, 0.05) is 35.7 Å². The highest BCUT2D eigenvalue weighted by Crippen LogP contribution is 2.23. The summed E-state index contributed by atoms with van der Waals surface area (Å²) in [6.07, 6.45) is 1.36. The number of hydrogen-bond donors (Lipinski definition) is 1. The van der Waals surface area contributed by atoms with Gasteiger partial charge in [0.25, 0.3) is 5.91 Å². The van der Waals surface area contributed by atoms with Crippen molar-refractivity contribution in [2.75, 3.05) is 18.8 Å². The molecule has 1 N–H and O–H groups in total. The Kier molecular flexibility index (Phi) is 6.45. The largest absolute Gasteiger partial charge is 0.349 e. The van der Waals surface area contributed by atoms with Crippen LogP contribution >= 0.6 is 11.8 Å². The number of rotatable bonds is 5. The average Bonchev–Trinajstić information content (AvgIpc) is 2.68. The Morgan fingerprint density at radius 2 is 1.78 bits per heavy atom. The van der Waals surface area contributed by atoms with Gasteiger partial charge in [-0.15, -0.1) is 11.8 Å². The van der Waals surface area contributed by atoms with Gasteiger partial charge in [0.15, 0.2) is 0 Å². The number of carbonyl (C=O) groups is 2. The van der Waals surface area contributed by atoms with Crippen LogP contribution in [-0.4, -0.2) is 41.6 Å². The molecule has 0 spiro atoms. The van der Waals surface area contributed by atoms with Crippen LogP contribution < -0.4 is 5.32 Å². The Morgan fingerprint density at radius 3 is 2.44 bits per heavy atom. The van der Waals surface area contributed by atoms with Crippen molar-refractivity contribution < 1.29 is 18.4 Å². The lowest BCUT2D eigenvalue weighted by Crippen LogP contribution is -2.47. The molecule has 142 valence electrons. The van der Waals surface area contributed by atoms with E-state index in [0.29, 0.717) is 31.5 Å². The highest BCUT2D eigenvalue weighted by Gasteiger charge is 2.24. The molecule has 0 radical (unpaired) electrons. The number of benzene rings is 2. The summed E-state index contributed by atoms with van der Waals surface area (Å²) < 4.78 is 26.5. The number of likely N-dealkylation sites (tertiary alicyclic amines) is 1. The molecule has 2 amide bonds. The molecule has 2 aromatic carbocycles. The Hall–Kier alpha value is -2.41. The number of nitrogens with one attached hydrogen (secondary N) is 1. The summed E-state index contributed by atoms with van der Waals surface area (Å²) in [5, 5.41) is 3.00. The van der Waals surface area contributed by atoms with Gasteiger partial charge in [0.05, 0.1) is 5.75 Å². The van der Waals surface area contributed by atoms with Crippen molar-refractivity contribution in [1.82, 2.24) is 10.2 Å². The third-order valence-electron chi connectivity index (χ3n) is 4.46. The summed E-state index contributed by atoms with van der Waals surface area (Å²) in [7, 11) is 0. The van der Waals surface area contributed by atoms with Gasteiger partial charge in [-0.05, 0) is 37.1 Å². The van der Waals surface area contributed by atoms with Crippen molar-refractivity contribution in [3.8, 4) is 0 Å². The van der Waals surface area contributed by atoms with Crippen molar-refractivity contribution in [2.24, 2.45) is 0 Å². The number of piperidine rings is 1. The maximum Gasteiger partial charge on any atom is 0.251 e. The van der Waals surface area contributed by atoms with Gasteiger partial charge < -0.3 is 10.2 Å². The van der Waals surface area contributed by atoms with Crippen LogP contribution in [0.3, 0.4) is 0 Å². The van der Waals surface area contributed by atoms with Crippen molar-refractivity contribution in [3.63, 3.8) is 0 Å². The fraction of sp³-hybridized carbons (Fsp3) is 0.300. The first-order valence-electron chi connectivity index (χ1n) is 8.74. The second-order valence-corrected chi connectivity index (χ2v) is 7.38. The van der Waals surface area contributed by atoms with Crippen LogP contribution in [0.15, 0.2) is 53.4 Å². The number of halogens is 2. The first-order chi connectivity index (χ1) is 13.0. The molecule has 27 heavy (non-hydrogen) atoms. The van der Waals surface area contributed by atoms with E-state index < -0.39 is 11.6 Å². The molecule has 0 bridgehead atoms. The van der Waals surface area contributed by atoms with Crippen LogP contribution in [0.4, 0.5) is 8.78 Å². The molecule has 2 aromatic rings. The second kappa shape index (κ2) is 8.99. The summed E-state index contributed by atoms with van der Waals surface area (Å²) in [5.41, 5.74) is 0.619. The fourth-order valence-corrected chi connectivity index (χ4v) is 3.78. The third-order valence-corrected chi connectivity index (χ3v) is 5.50. The van der Waals surface area contributed by atoms with Crippen molar-refractivity contribution >= 4 is 23.6 Å². The molecule has 1 fully saturated rings. The molecule has 1 aliphatic heterocycles. The van der Waals surface area contributed by atoms with E-state index in [1.54, 1.807) is 17.0 Å². The topological polar surface area (TPSA) is 49.4 Å². The average molecular weight is 390 g/mol. The van der Waals surface area contributed by atoms with Gasteiger partial charge in [-0.2, -0.15) is 0 Å². The van der Waals surface area contributed by atoms with Gasteiger partial charge in [-0.25, -0.2) is 8.78 Å². The third kappa shape index (κ3) is 5.29. The summed E-state index contributed by atoms with van der Waals surface area (Å²) in [6, 6.07) is 12.4. The number of amides is 2. The normalized spacial score (nSPS) is 14.8. The molecule has 4 nitrogen and oxygen atoms in total. The molecule has 3 rings (SSSR count). The minimum Gasteiger partial charge on any atom is -0.349 e. The van der Waals surface area contributed by atoms with Gasteiger partial charge in [-0.3, -0.25) is 9.59 Å². The van der Waals surface area contributed by atoms with Crippen molar-refractivity contribution in [2.45, 2.75) is 23.8 Å². The number of nitrogens with zero attached hydrogens (tertiary/aromatic N) is 1. The fourth-order valence-electron chi connectivity index (χ4n) is 2.95. The molecule has 0 aromatic heterocycles. The van der Waals surface area contributed by atoms with E-state index in [1.807, 2.05) is 18.2 Å². The van der Waals surface area contributed by atoms with Crippen molar-refractivity contribution in [3.05, 3.63) is 65.7 Å². The number of hydrogen-bond acceptors (Lipinski definition) is 3. The molecule has 1 aliphatic rings. The van der Waals surface area contributed by atoms with Gasteiger partial charge >= 0.3 is 0 Å². The molecular formula is C20H20F2N2O2S. The second-order valence-electron chi connectivity index (χ2n) is 6.36. The zero-order valence-corrected chi connectivity index (χ0v) is 15.5. The Morgan fingerprint density at radius 1 is 1.07 bits per heavy atom. The minimum absolute atomic E-state index is 0.0314. The Bertz CT molecular complexity index is 809. The quantitative estimate of drug-likeness (QED) is 0.796. The molecule has 0 unspecified atom stereocenters. The summed E-state index contributed by atoms with van der Waals surface area (Å²) in [4.78, 5) is 26.5. The van der Waals surface area contributed by atoms with E-state index in [4.69, 9.17) is 0 Å². The predicted molar refractivity (Wildman–Crippen MR) is 101 cm³/mol. The molecule has 7 heteroatoms. The monoisotopic (exact) mass is 390 g/mol. The number of carbonyl (C=O) groups excluding carboxylic acids is 2. The molecule has 0 aliphatic carbocycles. The van der Waals surface area contributed by atoms with Crippen LogP contribution in [0.1, 0.15) is 23.2 Å². The molecule has 1 heterocycles. The van der Waals surface area contributed by atoms with Crippen LogP contribution in [0.2, 0.25) is 0 Å². The van der Waals surface area contributed by atoms with Crippen molar-refractivity contribution in [1.29, 1.82) is 0 Å². The smallest absolute Gasteiger partial charge is 0.251 e. The molecule has 1 saturated heterocycles. The maximum absolute atomic E-state index is 13.6. The van der Waals surface area contributed by atoms with E-state index in [1.165, 1.54) is 12.1 Å². The first-order valence-corrected chi connectivity index (χ1v) is 9.73. The summed E-state index contributed by atoms with van der Waals surface area (Å²) >= 11 is 1.06. The lowest BCUT2D eigenvalue weighted by molar-refractivity contribution is -0.129. The Balaban J connectivity index is 1.44. The van der Waals surface area contributed by atoms with Gasteiger partial charge in [-0.1, -0.05) is 18.2 Å². The molecule has 0 saturated carbocycles. The zero-order chi connectivity index (χ0) is 19.2. The summed E-state index contributed by atoms with van der Waals surface area (Å²) in [6.45, 7) is 1.09. The van der Waals surface area contributed by atoms with Crippen LogP contribution in [0.5, 0.6) is 0 Å². The SMILES string of the molecule is O=C(NC1CCN(C(=O)CSc2ccc(F)cc2F)CC1)c1ccccc1. The summed E-state index contributed by atoms with van der Waals surface area (Å²) in [5.74, 6) is -1.39. The van der Waals surface area contributed by atoms with E-state index in [9.17, 15) is 18.4 Å². The standard InChI is InChI=1S/C20H20F2N2O2S/c21-15-6-7-18(17(22)12-15)27-13-19(25)24-10-8-16(9-11-24)23-20(26)14-4-2-1-3-5-14/h1-7,12,16H,8-11,13H2,(H,23,26). The highest BCUT2D eigenvalue weighted by molar-refractivity contribution is 8.00. The van der Waals surface area contributed by atoms with E-state index in [0.717, 1.165) is 17.8 Å². The van der Waals surface area contributed by atoms with Gasteiger partial charge in [0.1, 0.15) is 11.6 Å². The van der Waals surface area contributed by atoms with Crippen LogP contribution in [0.25, 0.3) is 0 Å².